The summed E-state index contributed by atoms with van der Waals surface area (Å²) in [5.41, 5.74) is 1.79. The molecule has 1 aliphatic heterocycles. The lowest BCUT2D eigenvalue weighted by atomic mass is 10.3. The largest absolute Gasteiger partial charge is 0.361 e. The van der Waals surface area contributed by atoms with Crippen molar-refractivity contribution in [3.05, 3.63) is 41.8 Å². The van der Waals surface area contributed by atoms with Crippen LogP contribution in [0.25, 0.3) is 0 Å². The number of hydrogen-bond acceptors (Lipinski definition) is 4. The average molecular weight is 400 g/mol. The van der Waals surface area contributed by atoms with Crippen molar-refractivity contribution in [3.8, 4) is 0 Å². The molecule has 140 valence electrons. The van der Waals surface area contributed by atoms with Gasteiger partial charge in [-0.1, -0.05) is 16.9 Å². The molecule has 2 heterocycles. The van der Waals surface area contributed by atoms with Crippen LogP contribution in [0, 0.1) is 6.92 Å². The van der Waals surface area contributed by atoms with Crippen LogP contribution < -0.4 is 10.2 Å². The second-order valence-electron chi connectivity index (χ2n) is 6.18. The van der Waals surface area contributed by atoms with E-state index < -0.39 is 5.76 Å². The summed E-state index contributed by atoms with van der Waals surface area (Å²) in [4.78, 5) is 4.12. The second-order valence-corrected chi connectivity index (χ2v) is 7.63. The number of alkyl halides is 2. The van der Waals surface area contributed by atoms with Gasteiger partial charge in [-0.3, -0.25) is 0 Å². The molecule has 2 aromatic rings. The zero-order valence-electron chi connectivity index (χ0n) is 14.4. The molecule has 1 aromatic carbocycles. The summed E-state index contributed by atoms with van der Waals surface area (Å²) in [6.07, 6.45) is 0. The molecule has 0 radical (unpaired) electrons. The van der Waals surface area contributed by atoms with Crippen LogP contribution in [0.2, 0.25) is 0 Å². The molecule has 0 unspecified atom stereocenters. The number of piperazine rings is 1. The second kappa shape index (κ2) is 8.79. The fraction of sp³-hybridized carbons (Fsp3) is 0.412. The van der Waals surface area contributed by atoms with Gasteiger partial charge in [0.2, 0.25) is 0 Å². The number of aromatic nitrogens is 1. The van der Waals surface area contributed by atoms with Gasteiger partial charge in [-0.05, 0) is 43.4 Å². The predicted molar refractivity (Wildman–Crippen MR) is 102 cm³/mol. The van der Waals surface area contributed by atoms with Crippen LogP contribution in [0.3, 0.4) is 0 Å². The van der Waals surface area contributed by atoms with Gasteiger partial charge in [-0.2, -0.15) is 8.78 Å². The zero-order chi connectivity index (χ0) is 18.5. The SMILES string of the molecule is Cc1cc(C[NH+]2CCN(C(=S)Nc3ccc(SC(F)F)cc3)CC2)no1. The molecule has 0 saturated carbocycles. The number of benzene rings is 1. The smallest absolute Gasteiger partial charge is 0.288 e. The number of thioether (sulfide) groups is 1. The summed E-state index contributed by atoms with van der Waals surface area (Å²) in [5, 5.41) is 7.90. The Labute approximate surface area is 160 Å². The molecule has 0 spiro atoms. The van der Waals surface area contributed by atoms with Gasteiger partial charge in [-0.25, -0.2) is 0 Å². The minimum Gasteiger partial charge on any atom is -0.361 e. The third-order valence-electron chi connectivity index (χ3n) is 4.20. The Morgan fingerprint density at radius 3 is 2.62 bits per heavy atom. The van der Waals surface area contributed by atoms with Gasteiger partial charge in [0, 0.05) is 16.6 Å². The highest BCUT2D eigenvalue weighted by Crippen LogP contribution is 2.26. The van der Waals surface area contributed by atoms with Gasteiger partial charge in [0.25, 0.3) is 5.76 Å². The molecular formula is C17H21F2N4OS2+. The highest BCUT2D eigenvalue weighted by Gasteiger charge is 2.22. The third kappa shape index (κ3) is 5.39. The van der Waals surface area contributed by atoms with Crippen molar-refractivity contribution in [1.82, 2.24) is 10.1 Å². The number of quaternary nitrogens is 1. The summed E-state index contributed by atoms with van der Waals surface area (Å²) in [5.74, 6) is -1.57. The Hall–Kier alpha value is -1.71. The minimum absolute atomic E-state index is 0.538. The summed E-state index contributed by atoms with van der Waals surface area (Å²) in [7, 11) is 0. The maximum absolute atomic E-state index is 12.4. The van der Waals surface area contributed by atoms with Gasteiger partial charge in [0.15, 0.2) is 5.11 Å². The Morgan fingerprint density at radius 2 is 2.04 bits per heavy atom. The molecule has 0 bridgehead atoms. The van der Waals surface area contributed by atoms with E-state index in [0.717, 1.165) is 49.9 Å². The first-order chi connectivity index (χ1) is 12.5. The number of halogens is 2. The Bertz CT molecular complexity index is 731. The molecule has 9 heteroatoms. The molecule has 1 fully saturated rings. The van der Waals surface area contributed by atoms with Gasteiger partial charge >= 0.3 is 0 Å². The number of nitrogens with zero attached hydrogens (tertiary/aromatic N) is 2. The molecule has 0 amide bonds. The molecule has 3 rings (SSSR count). The molecule has 1 aliphatic rings. The van der Waals surface area contributed by atoms with Crippen molar-refractivity contribution in [2.45, 2.75) is 24.1 Å². The maximum atomic E-state index is 12.4. The third-order valence-corrected chi connectivity index (χ3v) is 5.28. The topological polar surface area (TPSA) is 45.7 Å². The Balaban J connectivity index is 1.46. The van der Waals surface area contributed by atoms with E-state index in [2.05, 4.69) is 15.4 Å². The average Bonchev–Trinajstić information content (AvgIpc) is 3.01. The zero-order valence-corrected chi connectivity index (χ0v) is 16.0. The van der Waals surface area contributed by atoms with E-state index in [-0.39, 0.29) is 0 Å². The summed E-state index contributed by atoms with van der Waals surface area (Å²) in [6.45, 7) is 6.41. The fourth-order valence-electron chi connectivity index (χ4n) is 2.88. The summed E-state index contributed by atoms with van der Waals surface area (Å²) in [6, 6.07) is 8.85. The highest BCUT2D eigenvalue weighted by atomic mass is 32.2. The van der Waals surface area contributed by atoms with Crippen molar-refractivity contribution >= 4 is 34.8 Å². The van der Waals surface area contributed by atoms with Crippen LogP contribution in [0.15, 0.2) is 39.8 Å². The van der Waals surface area contributed by atoms with Crippen LogP contribution in [0.5, 0.6) is 0 Å². The molecule has 0 atom stereocenters. The van der Waals surface area contributed by atoms with E-state index in [9.17, 15) is 8.78 Å². The molecular weight excluding hydrogens is 378 g/mol. The van der Waals surface area contributed by atoms with Crippen molar-refractivity contribution in [2.24, 2.45) is 0 Å². The molecule has 1 saturated heterocycles. The molecule has 2 N–H and O–H groups in total. The van der Waals surface area contributed by atoms with Crippen molar-refractivity contribution in [2.75, 3.05) is 31.5 Å². The predicted octanol–water partition coefficient (Wildman–Crippen LogP) is 2.40. The van der Waals surface area contributed by atoms with Crippen LogP contribution in [-0.2, 0) is 6.54 Å². The number of aryl methyl sites for hydroxylation is 1. The lowest BCUT2D eigenvalue weighted by molar-refractivity contribution is -0.917. The normalized spacial score (nSPS) is 15.5. The molecule has 0 aliphatic carbocycles. The van der Waals surface area contributed by atoms with Crippen molar-refractivity contribution < 1.29 is 18.2 Å². The van der Waals surface area contributed by atoms with Crippen LogP contribution in [0.1, 0.15) is 11.5 Å². The number of hydrogen-bond donors (Lipinski definition) is 2. The van der Waals surface area contributed by atoms with E-state index >= 15 is 0 Å². The molecule has 26 heavy (non-hydrogen) atoms. The fourth-order valence-corrected chi connectivity index (χ4v) is 3.68. The first-order valence-corrected chi connectivity index (χ1v) is 9.65. The van der Waals surface area contributed by atoms with Gasteiger partial charge in [0.05, 0.1) is 26.2 Å². The first-order valence-electron chi connectivity index (χ1n) is 8.36. The van der Waals surface area contributed by atoms with Gasteiger partial charge in [0.1, 0.15) is 18.0 Å². The van der Waals surface area contributed by atoms with E-state index in [4.69, 9.17) is 16.7 Å². The summed E-state index contributed by atoms with van der Waals surface area (Å²) < 4.78 is 29.8. The van der Waals surface area contributed by atoms with Crippen molar-refractivity contribution in [3.63, 3.8) is 0 Å². The van der Waals surface area contributed by atoms with Crippen LogP contribution in [-0.4, -0.2) is 47.1 Å². The minimum atomic E-state index is -2.41. The highest BCUT2D eigenvalue weighted by molar-refractivity contribution is 7.99. The van der Waals surface area contributed by atoms with Gasteiger partial charge < -0.3 is 19.6 Å². The lowest BCUT2D eigenvalue weighted by Gasteiger charge is -2.33. The van der Waals surface area contributed by atoms with Crippen LogP contribution in [0.4, 0.5) is 14.5 Å². The first kappa shape index (κ1) is 19.1. The van der Waals surface area contributed by atoms with Gasteiger partial charge in [-0.15, -0.1) is 0 Å². The van der Waals surface area contributed by atoms with Crippen LogP contribution >= 0.6 is 24.0 Å². The number of rotatable bonds is 5. The van der Waals surface area contributed by atoms with E-state index in [1.54, 1.807) is 24.3 Å². The van der Waals surface area contributed by atoms with E-state index in [0.29, 0.717) is 21.8 Å². The van der Waals surface area contributed by atoms with E-state index in [1.807, 2.05) is 13.0 Å². The Morgan fingerprint density at radius 1 is 1.35 bits per heavy atom. The number of nitrogens with one attached hydrogen (secondary N) is 2. The maximum Gasteiger partial charge on any atom is 0.288 e. The lowest BCUT2D eigenvalue weighted by Crippen LogP contribution is -3.13. The monoisotopic (exact) mass is 399 g/mol. The number of thiocarbonyl (C=S) groups is 1. The van der Waals surface area contributed by atoms with E-state index in [1.165, 1.54) is 4.90 Å². The summed E-state index contributed by atoms with van der Waals surface area (Å²) >= 11 is 6.02. The quantitative estimate of drug-likeness (QED) is 0.595. The number of anilines is 1. The molecule has 1 aromatic heterocycles. The molecule has 5 nitrogen and oxygen atoms in total. The standard InChI is InChI=1S/C17H20F2N4OS2/c1-12-10-14(21-24-12)11-22-6-8-23(9-7-22)17(25)20-13-2-4-15(5-3-13)26-16(18)19/h2-5,10,16H,6-9,11H2,1H3,(H,20,25)/p+1. The Kier molecular flexibility index (Phi) is 6.44. The van der Waals surface area contributed by atoms with Crippen molar-refractivity contribution in [1.29, 1.82) is 0 Å².